The number of fused-ring (bicyclic) bond motifs is 1. The van der Waals surface area contributed by atoms with Crippen LogP contribution in [0, 0.1) is 24.1 Å². The summed E-state index contributed by atoms with van der Waals surface area (Å²) in [4.78, 5) is 23.1. The second-order valence-corrected chi connectivity index (χ2v) is 11.0. The first-order chi connectivity index (χ1) is 20.9. The third-order valence-corrected chi connectivity index (χ3v) is 8.06. The molecule has 4 N–H and O–H groups in total. The second-order valence-electron chi connectivity index (χ2n) is 11.0. The molecule has 2 aromatic heterocycles. The Morgan fingerprint density at radius 1 is 1.12 bits per heavy atom. The maximum Gasteiger partial charge on any atom is 0.243 e. The number of hydrogen-bond donors (Lipinski definition) is 4. The van der Waals surface area contributed by atoms with Gasteiger partial charge in [-0.3, -0.25) is 14.4 Å². The van der Waals surface area contributed by atoms with Crippen LogP contribution in [0.1, 0.15) is 56.1 Å². The van der Waals surface area contributed by atoms with Gasteiger partial charge in [0, 0.05) is 43.5 Å². The summed E-state index contributed by atoms with van der Waals surface area (Å²) in [6.07, 6.45) is 9.56. The van der Waals surface area contributed by atoms with E-state index in [0.717, 1.165) is 63.7 Å². The number of imidazole rings is 1. The standard InChI is InChI=1S/C32H36FN7O3/c1-21-7-8-22(19-27(21)41)29-30(23-9-10-24(20-34)26(33)18-23)37-32(40-17-14-36-31(29)40)39-15-11-25(12-16-39)35-13-5-3-2-4-6-28(42)38-43/h7-10,14,17-19,25,35,41,43H,2-6,11-13,15-16H2,1H3,(H,38,42). The molecule has 3 heterocycles. The molecule has 2 aromatic carbocycles. The highest BCUT2D eigenvalue weighted by atomic mass is 19.1. The van der Waals surface area contributed by atoms with Crippen molar-refractivity contribution in [2.24, 2.45) is 0 Å². The number of piperidine rings is 1. The molecule has 0 spiro atoms. The molecule has 224 valence electrons. The smallest absolute Gasteiger partial charge is 0.243 e. The molecule has 0 atom stereocenters. The normalized spacial score (nSPS) is 13.8. The number of amides is 1. The highest BCUT2D eigenvalue weighted by molar-refractivity contribution is 5.91. The van der Waals surface area contributed by atoms with Gasteiger partial charge in [0.05, 0.1) is 16.8 Å². The van der Waals surface area contributed by atoms with E-state index in [1.807, 2.05) is 35.7 Å². The van der Waals surface area contributed by atoms with Gasteiger partial charge >= 0.3 is 0 Å². The third kappa shape index (κ3) is 6.77. The number of nitrogens with zero attached hydrogens (tertiary/aromatic N) is 5. The van der Waals surface area contributed by atoms with Crippen LogP contribution < -0.4 is 15.7 Å². The number of halogens is 1. The number of aromatic nitrogens is 3. The highest BCUT2D eigenvalue weighted by Gasteiger charge is 2.25. The number of benzene rings is 2. The van der Waals surface area contributed by atoms with Gasteiger partial charge < -0.3 is 15.3 Å². The van der Waals surface area contributed by atoms with E-state index in [1.165, 1.54) is 12.1 Å². The van der Waals surface area contributed by atoms with Gasteiger partial charge in [-0.2, -0.15) is 5.26 Å². The molecule has 1 fully saturated rings. The Labute approximate surface area is 249 Å². The molecule has 0 unspecified atom stereocenters. The van der Waals surface area contributed by atoms with Crippen molar-refractivity contribution < 1.29 is 19.5 Å². The van der Waals surface area contributed by atoms with Gasteiger partial charge in [-0.1, -0.05) is 31.0 Å². The largest absolute Gasteiger partial charge is 0.508 e. The molecule has 4 aromatic rings. The van der Waals surface area contributed by atoms with Crippen LogP contribution in [0.3, 0.4) is 0 Å². The number of anilines is 1. The van der Waals surface area contributed by atoms with Crippen molar-refractivity contribution in [2.45, 2.75) is 57.9 Å². The Hall–Kier alpha value is -4.53. The van der Waals surface area contributed by atoms with Crippen LogP contribution in [0.15, 0.2) is 48.8 Å². The van der Waals surface area contributed by atoms with Gasteiger partial charge in [-0.05, 0) is 68.5 Å². The number of hydrogen-bond acceptors (Lipinski definition) is 8. The van der Waals surface area contributed by atoms with Gasteiger partial charge in [0.2, 0.25) is 11.9 Å². The van der Waals surface area contributed by atoms with Crippen LogP contribution in [0.2, 0.25) is 0 Å². The quantitative estimate of drug-likeness (QED) is 0.108. The number of phenolic OH excluding ortho intramolecular Hbond substituents is 1. The number of carbonyl (C=O) groups is 1. The van der Waals surface area contributed by atoms with E-state index in [1.54, 1.807) is 23.8 Å². The number of nitriles is 1. The fourth-order valence-electron chi connectivity index (χ4n) is 5.59. The summed E-state index contributed by atoms with van der Waals surface area (Å²) >= 11 is 0. The fourth-order valence-corrected chi connectivity index (χ4v) is 5.59. The third-order valence-electron chi connectivity index (χ3n) is 8.06. The lowest BCUT2D eigenvalue weighted by Gasteiger charge is -2.34. The summed E-state index contributed by atoms with van der Waals surface area (Å²) in [5, 5.41) is 32.0. The Morgan fingerprint density at radius 3 is 2.60 bits per heavy atom. The number of hydroxylamine groups is 1. The van der Waals surface area contributed by atoms with Crippen LogP contribution in [0.4, 0.5) is 10.3 Å². The van der Waals surface area contributed by atoms with Crippen LogP contribution >= 0.6 is 0 Å². The van der Waals surface area contributed by atoms with Crippen molar-refractivity contribution in [3.05, 3.63) is 65.7 Å². The van der Waals surface area contributed by atoms with Gasteiger partial charge in [0.25, 0.3) is 0 Å². The molecule has 0 radical (unpaired) electrons. The zero-order chi connectivity index (χ0) is 30.3. The number of aryl methyl sites for hydroxylation is 1. The highest BCUT2D eigenvalue weighted by Crippen LogP contribution is 2.38. The van der Waals surface area contributed by atoms with Crippen molar-refractivity contribution in [3.8, 4) is 34.2 Å². The predicted octanol–water partition coefficient (Wildman–Crippen LogP) is 5.10. The minimum atomic E-state index is -0.619. The van der Waals surface area contributed by atoms with E-state index in [2.05, 4.69) is 15.2 Å². The summed E-state index contributed by atoms with van der Waals surface area (Å²) in [6.45, 7) is 4.29. The zero-order valence-corrected chi connectivity index (χ0v) is 24.2. The zero-order valence-electron chi connectivity index (χ0n) is 24.2. The molecule has 0 aliphatic carbocycles. The molecule has 10 nitrogen and oxygen atoms in total. The van der Waals surface area contributed by atoms with Crippen molar-refractivity contribution >= 4 is 17.5 Å². The molecule has 1 amide bonds. The van der Waals surface area contributed by atoms with Crippen LogP contribution in [0.25, 0.3) is 28.0 Å². The maximum atomic E-state index is 14.8. The second kappa shape index (κ2) is 13.6. The summed E-state index contributed by atoms with van der Waals surface area (Å²) in [7, 11) is 0. The lowest BCUT2D eigenvalue weighted by molar-refractivity contribution is -0.129. The van der Waals surface area contributed by atoms with Crippen LogP contribution in [0.5, 0.6) is 5.75 Å². The Bertz CT molecular complexity index is 1640. The molecule has 5 rings (SSSR count). The fraction of sp³-hybridized carbons (Fsp3) is 0.375. The summed E-state index contributed by atoms with van der Waals surface area (Å²) < 4.78 is 16.8. The number of unbranched alkanes of at least 4 members (excludes halogenated alkanes) is 3. The van der Waals surface area contributed by atoms with Gasteiger partial charge in [-0.25, -0.2) is 19.8 Å². The van der Waals surface area contributed by atoms with E-state index < -0.39 is 5.82 Å². The van der Waals surface area contributed by atoms with Crippen molar-refractivity contribution in [1.82, 2.24) is 25.2 Å². The predicted molar refractivity (Wildman–Crippen MR) is 161 cm³/mol. The SMILES string of the molecule is Cc1ccc(-c2c(-c3ccc(C#N)c(F)c3)nc(N3CCC(NCCCCCCC(=O)NO)CC3)n3ccnc23)cc1O. The summed E-state index contributed by atoms with van der Waals surface area (Å²) in [5.41, 5.74) is 5.43. The van der Waals surface area contributed by atoms with Gasteiger partial charge in [0.15, 0.2) is 0 Å². The van der Waals surface area contributed by atoms with Gasteiger partial charge in [-0.15, -0.1) is 0 Å². The molecule has 11 heteroatoms. The molecule has 1 aliphatic heterocycles. The molecular weight excluding hydrogens is 549 g/mol. The first-order valence-electron chi connectivity index (χ1n) is 14.7. The minimum Gasteiger partial charge on any atom is -0.508 e. The van der Waals surface area contributed by atoms with E-state index in [9.17, 15) is 19.6 Å². The monoisotopic (exact) mass is 585 g/mol. The lowest BCUT2D eigenvalue weighted by Crippen LogP contribution is -2.43. The van der Waals surface area contributed by atoms with Crippen molar-refractivity contribution in [3.63, 3.8) is 0 Å². The van der Waals surface area contributed by atoms with E-state index >= 15 is 0 Å². The number of aromatic hydroxyl groups is 1. The Morgan fingerprint density at radius 2 is 1.88 bits per heavy atom. The van der Waals surface area contributed by atoms with Crippen molar-refractivity contribution in [1.29, 1.82) is 5.26 Å². The summed E-state index contributed by atoms with van der Waals surface area (Å²) in [6, 6.07) is 12.2. The molecule has 0 bridgehead atoms. The maximum absolute atomic E-state index is 14.8. The number of phenols is 1. The molecular formula is C32H36FN7O3. The molecule has 43 heavy (non-hydrogen) atoms. The topological polar surface area (TPSA) is 139 Å². The van der Waals surface area contributed by atoms with E-state index in [-0.39, 0.29) is 17.2 Å². The number of nitrogens with one attached hydrogen (secondary N) is 2. The number of carbonyl (C=O) groups excluding carboxylic acids is 1. The average Bonchev–Trinajstić information content (AvgIpc) is 3.51. The van der Waals surface area contributed by atoms with Crippen LogP contribution in [-0.2, 0) is 4.79 Å². The summed E-state index contributed by atoms with van der Waals surface area (Å²) in [5.74, 6) is -0.107. The minimum absolute atomic E-state index is 0.0379. The van der Waals surface area contributed by atoms with E-state index in [0.29, 0.717) is 46.4 Å². The van der Waals surface area contributed by atoms with Crippen molar-refractivity contribution in [2.75, 3.05) is 24.5 Å². The Kier molecular flexibility index (Phi) is 9.49. The van der Waals surface area contributed by atoms with E-state index in [4.69, 9.17) is 10.2 Å². The van der Waals surface area contributed by atoms with Gasteiger partial charge in [0.1, 0.15) is 23.3 Å². The molecule has 1 saturated heterocycles. The molecule has 1 aliphatic rings. The number of rotatable bonds is 11. The Balaban J connectivity index is 1.36. The lowest BCUT2D eigenvalue weighted by atomic mass is 9.98. The molecule has 0 saturated carbocycles. The van der Waals surface area contributed by atoms with Crippen LogP contribution in [-0.4, -0.2) is 56.3 Å². The first kappa shape index (κ1) is 29.9. The average molecular weight is 586 g/mol. The first-order valence-corrected chi connectivity index (χ1v) is 14.7.